The maximum Gasteiger partial charge on any atom is 0.327 e. The molecule has 2 aliphatic rings. The largest absolute Gasteiger partial charge is 0.327 e. The molecule has 0 saturated carbocycles. The van der Waals surface area contributed by atoms with Crippen LogP contribution in [0, 0.1) is 0 Å². The number of hydrogen-bond acceptors (Lipinski definition) is 2. The van der Waals surface area contributed by atoms with Crippen LogP contribution in [0.25, 0.3) is 0 Å². The molecule has 3 amide bonds. The van der Waals surface area contributed by atoms with E-state index in [1.807, 2.05) is 37.3 Å². The molecule has 4 heteroatoms. The second kappa shape index (κ2) is 3.83. The van der Waals surface area contributed by atoms with Crippen LogP contribution in [0.15, 0.2) is 30.3 Å². The molecule has 0 aliphatic carbocycles. The summed E-state index contributed by atoms with van der Waals surface area (Å²) in [4.78, 5) is 28.0. The van der Waals surface area contributed by atoms with Crippen molar-refractivity contribution >= 4 is 11.9 Å². The monoisotopic (exact) mass is 244 g/mol. The van der Waals surface area contributed by atoms with E-state index >= 15 is 0 Å². The van der Waals surface area contributed by atoms with E-state index in [9.17, 15) is 9.59 Å². The van der Waals surface area contributed by atoms with E-state index in [-0.39, 0.29) is 11.9 Å². The first-order valence-corrected chi connectivity index (χ1v) is 6.41. The minimum Gasteiger partial charge on any atom is -0.305 e. The molecule has 0 N–H and O–H groups in total. The first kappa shape index (κ1) is 11.3. The van der Waals surface area contributed by atoms with Crippen molar-refractivity contribution in [3.63, 3.8) is 0 Å². The van der Waals surface area contributed by atoms with Crippen molar-refractivity contribution in [2.24, 2.45) is 0 Å². The SMILES string of the molecule is CCN1C(=O)N2CCCC2(c2ccccc2)C1=O. The van der Waals surface area contributed by atoms with Crippen LogP contribution in [0.4, 0.5) is 4.79 Å². The Hall–Kier alpha value is -1.84. The Morgan fingerprint density at radius 1 is 1.22 bits per heavy atom. The quantitative estimate of drug-likeness (QED) is 0.746. The van der Waals surface area contributed by atoms with Gasteiger partial charge in [-0.1, -0.05) is 30.3 Å². The van der Waals surface area contributed by atoms with Gasteiger partial charge in [-0.25, -0.2) is 4.79 Å². The van der Waals surface area contributed by atoms with Gasteiger partial charge >= 0.3 is 6.03 Å². The number of carbonyl (C=O) groups excluding carboxylic acids is 2. The summed E-state index contributed by atoms with van der Waals surface area (Å²) in [5, 5.41) is 0. The molecule has 1 aromatic rings. The molecule has 2 fully saturated rings. The summed E-state index contributed by atoms with van der Waals surface area (Å²) in [5.74, 6) is -0.0568. The third-order valence-corrected chi connectivity index (χ3v) is 4.01. The van der Waals surface area contributed by atoms with Crippen LogP contribution in [-0.2, 0) is 10.3 Å². The third-order valence-electron chi connectivity index (χ3n) is 4.01. The lowest BCUT2D eigenvalue weighted by atomic mass is 9.87. The number of amides is 3. The number of carbonyl (C=O) groups is 2. The second-order valence-electron chi connectivity index (χ2n) is 4.81. The number of hydrogen-bond donors (Lipinski definition) is 0. The van der Waals surface area contributed by atoms with Crippen molar-refractivity contribution < 1.29 is 9.59 Å². The predicted octanol–water partition coefficient (Wildman–Crippen LogP) is 1.96. The Kier molecular flexibility index (Phi) is 2.40. The van der Waals surface area contributed by atoms with E-state index < -0.39 is 5.54 Å². The summed E-state index contributed by atoms with van der Waals surface area (Å²) in [6.07, 6.45) is 1.63. The standard InChI is InChI=1S/C14H16N2O2/c1-2-15-12(17)14(11-7-4-3-5-8-11)9-6-10-16(14)13(15)18/h3-5,7-8H,2,6,9-10H2,1H3. The third kappa shape index (κ3) is 1.20. The zero-order valence-corrected chi connectivity index (χ0v) is 10.4. The number of fused-ring (bicyclic) bond motifs is 1. The lowest BCUT2D eigenvalue weighted by molar-refractivity contribution is -0.132. The summed E-state index contributed by atoms with van der Waals surface area (Å²) in [5.41, 5.74) is 0.214. The smallest absolute Gasteiger partial charge is 0.305 e. The van der Waals surface area contributed by atoms with Gasteiger partial charge in [0.15, 0.2) is 0 Å². The van der Waals surface area contributed by atoms with Crippen molar-refractivity contribution in [1.29, 1.82) is 0 Å². The van der Waals surface area contributed by atoms with Crippen molar-refractivity contribution in [3.8, 4) is 0 Å². The molecule has 4 nitrogen and oxygen atoms in total. The first-order valence-electron chi connectivity index (χ1n) is 6.41. The van der Waals surface area contributed by atoms with E-state index in [0.29, 0.717) is 13.1 Å². The van der Waals surface area contributed by atoms with Crippen molar-refractivity contribution in [2.75, 3.05) is 13.1 Å². The second-order valence-corrected chi connectivity index (χ2v) is 4.81. The van der Waals surface area contributed by atoms with Gasteiger partial charge in [0, 0.05) is 13.1 Å². The zero-order chi connectivity index (χ0) is 12.8. The fraction of sp³-hybridized carbons (Fsp3) is 0.429. The zero-order valence-electron chi connectivity index (χ0n) is 10.4. The van der Waals surface area contributed by atoms with Gasteiger partial charge in [0.25, 0.3) is 5.91 Å². The fourth-order valence-corrected chi connectivity index (χ4v) is 3.17. The van der Waals surface area contributed by atoms with Crippen molar-refractivity contribution in [3.05, 3.63) is 35.9 Å². The Bertz CT molecular complexity index is 500. The molecule has 3 rings (SSSR count). The van der Waals surface area contributed by atoms with Gasteiger partial charge in [0.2, 0.25) is 0 Å². The van der Waals surface area contributed by atoms with Crippen LogP contribution < -0.4 is 0 Å². The van der Waals surface area contributed by atoms with E-state index in [1.54, 1.807) is 4.90 Å². The highest BCUT2D eigenvalue weighted by Gasteiger charge is 2.59. The number of rotatable bonds is 2. The van der Waals surface area contributed by atoms with Crippen LogP contribution in [0.3, 0.4) is 0 Å². The highest BCUT2D eigenvalue weighted by atomic mass is 16.2. The lowest BCUT2D eigenvalue weighted by Crippen LogP contribution is -2.42. The molecule has 0 spiro atoms. The topological polar surface area (TPSA) is 40.6 Å². The summed E-state index contributed by atoms with van der Waals surface area (Å²) in [6.45, 7) is 2.97. The molecular weight excluding hydrogens is 228 g/mol. The van der Waals surface area contributed by atoms with Gasteiger partial charge in [-0.15, -0.1) is 0 Å². The maximum atomic E-state index is 12.6. The molecule has 1 unspecified atom stereocenters. The van der Waals surface area contributed by atoms with Gasteiger partial charge < -0.3 is 4.90 Å². The van der Waals surface area contributed by atoms with Crippen LogP contribution >= 0.6 is 0 Å². The van der Waals surface area contributed by atoms with Crippen LogP contribution in [0.1, 0.15) is 25.3 Å². The predicted molar refractivity (Wildman–Crippen MR) is 66.8 cm³/mol. The fourth-order valence-electron chi connectivity index (χ4n) is 3.17. The van der Waals surface area contributed by atoms with Gasteiger partial charge in [-0.2, -0.15) is 0 Å². The average Bonchev–Trinajstić information content (AvgIpc) is 2.92. The number of benzene rings is 1. The maximum absolute atomic E-state index is 12.6. The van der Waals surface area contributed by atoms with Crippen LogP contribution in [0.5, 0.6) is 0 Å². The molecule has 18 heavy (non-hydrogen) atoms. The van der Waals surface area contributed by atoms with Crippen molar-refractivity contribution in [1.82, 2.24) is 9.80 Å². The Balaban J connectivity index is 2.14. The highest BCUT2D eigenvalue weighted by Crippen LogP contribution is 2.45. The molecule has 1 atom stereocenters. The first-order chi connectivity index (χ1) is 8.71. The average molecular weight is 244 g/mol. The normalized spacial score (nSPS) is 26.9. The van der Waals surface area contributed by atoms with Crippen LogP contribution in [-0.4, -0.2) is 34.8 Å². The minimum absolute atomic E-state index is 0.0568. The molecular formula is C14H16N2O2. The molecule has 2 saturated heterocycles. The van der Waals surface area contributed by atoms with Gasteiger partial charge in [0.1, 0.15) is 5.54 Å². The van der Waals surface area contributed by atoms with Gasteiger partial charge in [-0.3, -0.25) is 9.69 Å². The Labute approximate surface area is 106 Å². The lowest BCUT2D eigenvalue weighted by Gasteiger charge is -2.28. The summed E-state index contributed by atoms with van der Waals surface area (Å²) in [6, 6.07) is 9.53. The number of imide groups is 1. The molecule has 0 aromatic heterocycles. The Morgan fingerprint density at radius 3 is 2.61 bits per heavy atom. The van der Waals surface area contributed by atoms with E-state index in [2.05, 4.69) is 0 Å². The molecule has 1 aromatic carbocycles. The summed E-state index contributed by atoms with van der Waals surface area (Å²) in [7, 11) is 0. The molecule has 2 heterocycles. The molecule has 2 aliphatic heterocycles. The van der Waals surface area contributed by atoms with E-state index in [0.717, 1.165) is 18.4 Å². The van der Waals surface area contributed by atoms with E-state index in [1.165, 1.54) is 4.90 Å². The number of likely N-dealkylation sites (N-methyl/N-ethyl adjacent to an activating group) is 1. The minimum atomic E-state index is -0.728. The Morgan fingerprint density at radius 2 is 1.94 bits per heavy atom. The molecule has 94 valence electrons. The highest BCUT2D eigenvalue weighted by molar-refractivity contribution is 6.07. The molecule has 0 bridgehead atoms. The molecule has 0 radical (unpaired) electrons. The van der Waals surface area contributed by atoms with Crippen LogP contribution in [0.2, 0.25) is 0 Å². The summed E-state index contributed by atoms with van der Waals surface area (Å²) >= 11 is 0. The van der Waals surface area contributed by atoms with Gasteiger partial charge in [-0.05, 0) is 25.3 Å². The number of urea groups is 1. The van der Waals surface area contributed by atoms with Gasteiger partial charge in [0.05, 0.1) is 0 Å². The number of nitrogens with zero attached hydrogens (tertiary/aromatic N) is 2. The van der Waals surface area contributed by atoms with Crippen molar-refractivity contribution in [2.45, 2.75) is 25.3 Å². The van der Waals surface area contributed by atoms with E-state index in [4.69, 9.17) is 0 Å². The summed E-state index contributed by atoms with van der Waals surface area (Å²) < 4.78 is 0.